The van der Waals surface area contributed by atoms with Crippen molar-refractivity contribution in [2.45, 2.75) is 6.92 Å². The molecule has 4 aromatic rings. The third-order valence-corrected chi connectivity index (χ3v) is 5.94. The van der Waals surface area contributed by atoms with Crippen molar-refractivity contribution >= 4 is 63.8 Å². The number of carbonyl (C=O) groups is 1. The Hall–Kier alpha value is -2.31. The number of nitrogens with one attached hydrogen (secondary N) is 1. The van der Waals surface area contributed by atoms with Crippen molar-refractivity contribution in [1.29, 1.82) is 0 Å². The topological polar surface area (TPSA) is 59.3 Å². The van der Waals surface area contributed by atoms with E-state index in [9.17, 15) is 4.79 Å². The molecule has 0 saturated carbocycles. The van der Waals surface area contributed by atoms with Crippen LogP contribution >= 0.6 is 46.4 Å². The summed E-state index contributed by atoms with van der Waals surface area (Å²) in [6.07, 6.45) is 1.83. The second-order valence-electron chi connectivity index (χ2n) is 6.25. The number of imidazole rings is 1. The van der Waals surface area contributed by atoms with Gasteiger partial charge in [-0.2, -0.15) is 0 Å². The molecule has 1 aromatic carbocycles. The monoisotopic (exact) mass is 464 g/mol. The number of anilines is 1. The molecule has 0 aliphatic carbocycles. The molecule has 29 heavy (non-hydrogen) atoms. The molecule has 0 spiro atoms. The molecule has 0 bridgehead atoms. The van der Waals surface area contributed by atoms with Crippen LogP contribution in [0.2, 0.25) is 20.2 Å². The van der Waals surface area contributed by atoms with E-state index in [2.05, 4.69) is 15.3 Å². The first-order chi connectivity index (χ1) is 13.9. The minimum atomic E-state index is -0.588. The molecule has 0 aliphatic heterocycles. The minimum Gasteiger partial charge on any atom is -0.304 e. The molecular weight excluding hydrogens is 454 g/mol. The maximum atomic E-state index is 13.0. The highest BCUT2D eigenvalue weighted by molar-refractivity contribution is 6.52. The third kappa shape index (κ3) is 3.67. The number of carbonyl (C=O) groups excluding carboxylic acids is 1. The summed E-state index contributed by atoms with van der Waals surface area (Å²) in [5.41, 5.74) is 3.04. The second kappa shape index (κ2) is 7.84. The Morgan fingerprint density at radius 1 is 0.966 bits per heavy atom. The predicted molar refractivity (Wildman–Crippen MR) is 118 cm³/mol. The van der Waals surface area contributed by atoms with Gasteiger partial charge >= 0.3 is 0 Å². The molecule has 0 saturated heterocycles. The van der Waals surface area contributed by atoms with Gasteiger partial charge in [-0.25, -0.2) is 9.97 Å². The second-order valence-corrected chi connectivity index (χ2v) is 7.75. The van der Waals surface area contributed by atoms with Gasteiger partial charge in [-0.1, -0.05) is 76.7 Å². The summed E-state index contributed by atoms with van der Waals surface area (Å²) in [5.74, 6) is -0.119. The predicted octanol–water partition coefficient (Wildman–Crippen LogP) is 6.57. The molecule has 1 amide bonds. The van der Waals surface area contributed by atoms with Gasteiger partial charge in [0.15, 0.2) is 5.69 Å². The SMILES string of the molecule is Cc1ccn2c(NC(=O)c3nc(Cl)c(Cl)c(Cl)c3Cl)c(-c3ccccc3)nc2c1. The first-order valence-corrected chi connectivity index (χ1v) is 9.93. The summed E-state index contributed by atoms with van der Waals surface area (Å²) in [5, 5.41) is 2.61. The number of nitrogens with zero attached hydrogens (tertiary/aromatic N) is 3. The lowest BCUT2D eigenvalue weighted by Crippen LogP contribution is -2.16. The Bertz CT molecular complexity index is 1250. The molecule has 0 fully saturated rings. The largest absolute Gasteiger partial charge is 0.304 e. The van der Waals surface area contributed by atoms with Gasteiger partial charge in [0, 0.05) is 11.8 Å². The van der Waals surface area contributed by atoms with Crippen molar-refractivity contribution in [1.82, 2.24) is 14.4 Å². The average Bonchev–Trinajstić information content (AvgIpc) is 3.07. The Balaban J connectivity index is 1.85. The Morgan fingerprint density at radius 3 is 2.41 bits per heavy atom. The van der Waals surface area contributed by atoms with Gasteiger partial charge in [-0.3, -0.25) is 9.20 Å². The van der Waals surface area contributed by atoms with Gasteiger partial charge in [-0.15, -0.1) is 0 Å². The van der Waals surface area contributed by atoms with E-state index in [1.165, 1.54) is 0 Å². The van der Waals surface area contributed by atoms with E-state index in [0.29, 0.717) is 17.2 Å². The number of halogens is 4. The van der Waals surface area contributed by atoms with Gasteiger partial charge in [0.05, 0.1) is 15.1 Å². The molecule has 1 N–H and O–H groups in total. The Labute approximate surface area is 186 Å². The molecule has 0 unspecified atom stereocenters. The number of pyridine rings is 2. The van der Waals surface area contributed by atoms with Crippen molar-refractivity contribution in [3.63, 3.8) is 0 Å². The molecular formula is C20H12Cl4N4O. The van der Waals surface area contributed by atoms with Crippen LogP contribution in [0.5, 0.6) is 0 Å². The first kappa shape index (κ1) is 20.0. The van der Waals surface area contributed by atoms with Crippen LogP contribution in [0.15, 0.2) is 48.7 Å². The molecule has 9 heteroatoms. The van der Waals surface area contributed by atoms with Crippen molar-refractivity contribution in [2.75, 3.05) is 5.32 Å². The standard InChI is InChI=1S/C20H12Cl4N4O/c1-10-7-8-28-12(9-10)25-16(11-5-3-2-4-6-11)19(28)27-20(29)17-14(22)13(21)15(23)18(24)26-17/h2-9H,1H3,(H,27,29). The van der Waals surface area contributed by atoms with Crippen LogP contribution in [0, 0.1) is 6.92 Å². The van der Waals surface area contributed by atoms with Gasteiger partial charge in [0.1, 0.15) is 22.3 Å². The highest BCUT2D eigenvalue weighted by Crippen LogP contribution is 2.37. The van der Waals surface area contributed by atoms with E-state index >= 15 is 0 Å². The van der Waals surface area contributed by atoms with Gasteiger partial charge in [-0.05, 0) is 24.6 Å². The van der Waals surface area contributed by atoms with Crippen LogP contribution in [-0.4, -0.2) is 20.3 Å². The summed E-state index contributed by atoms with van der Waals surface area (Å²) in [6, 6.07) is 13.4. The molecule has 3 heterocycles. The highest BCUT2D eigenvalue weighted by atomic mass is 35.5. The quantitative estimate of drug-likeness (QED) is 0.348. The zero-order valence-electron chi connectivity index (χ0n) is 14.9. The van der Waals surface area contributed by atoms with E-state index in [1.54, 1.807) is 4.40 Å². The number of rotatable bonds is 3. The smallest absolute Gasteiger partial charge is 0.277 e. The van der Waals surface area contributed by atoms with Crippen molar-refractivity contribution < 1.29 is 4.79 Å². The van der Waals surface area contributed by atoms with Crippen LogP contribution in [-0.2, 0) is 0 Å². The number of aromatic nitrogens is 3. The fourth-order valence-corrected chi connectivity index (χ4v) is 3.68. The van der Waals surface area contributed by atoms with Crippen LogP contribution in [0.1, 0.15) is 16.1 Å². The van der Waals surface area contributed by atoms with Gasteiger partial charge in [0.2, 0.25) is 0 Å². The lowest BCUT2D eigenvalue weighted by molar-refractivity contribution is 0.102. The van der Waals surface area contributed by atoms with E-state index in [0.717, 1.165) is 11.1 Å². The summed E-state index contributed by atoms with van der Waals surface area (Å²) >= 11 is 24.2. The summed E-state index contributed by atoms with van der Waals surface area (Å²) in [6.45, 7) is 1.97. The number of aryl methyl sites for hydroxylation is 1. The third-order valence-electron chi connectivity index (χ3n) is 4.26. The molecule has 3 aromatic heterocycles. The molecule has 5 nitrogen and oxygen atoms in total. The van der Waals surface area contributed by atoms with Crippen LogP contribution in [0.3, 0.4) is 0 Å². The highest BCUT2D eigenvalue weighted by Gasteiger charge is 2.23. The maximum Gasteiger partial charge on any atom is 0.277 e. The number of amides is 1. The number of benzene rings is 1. The van der Waals surface area contributed by atoms with E-state index in [1.807, 2.05) is 55.6 Å². The van der Waals surface area contributed by atoms with Crippen molar-refractivity contribution in [3.8, 4) is 11.3 Å². The van der Waals surface area contributed by atoms with Crippen molar-refractivity contribution in [3.05, 3.63) is 80.1 Å². The van der Waals surface area contributed by atoms with E-state index < -0.39 is 5.91 Å². The zero-order valence-corrected chi connectivity index (χ0v) is 17.9. The zero-order chi connectivity index (χ0) is 20.7. The number of fused-ring (bicyclic) bond motifs is 1. The molecule has 0 aliphatic rings. The summed E-state index contributed by atoms with van der Waals surface area (Å²) < 4.78 is 1.78. The number of hydrogen-bond acceptors (Lipinski definition) is 3. The molecule has 0 atom stereocenters. The fourth-order valence-electron chi connectivity index (χ4n) is 2.87. The van der Waals surface area contributed by atoms with Gasteiger partial charge in [0.25, 0.3) is 5.91 Å². The molecule has 146 valence electrons. The average molecular weight is 466 g/mol. The summed E-state index contributed by atoms with van der Waals surface area (Å²) in [4.78, 5) is 21.7. The Morgan fingerprint density at radius 2 is 1.69 bits per heavy atom. The first-order valence-electron chi connectivity index (χ1n) is 8.42. The van der Waals surface area contributed by atoms with Crippen LogP contribution in [0.4, 0.5) is 5.82 Å². The maximum absolute atomic E-state index is 13.0. The number of hydrogen-bond donors (Lipinski definition) is 1. The van der Waals surface area contributed by atoms with Crippen molar-refractivity contribution in [2.24, 2.45) is 0 Å². The summed E-state index contributed by atoms with van der Waals surface area (Å²) in [7, 11) is 0. The fraction of sp³-hybridized carbons (Fsp3) is 0.0500. The minimum absolute atomic E-state index is 0.00913. The lowest BCUT2D eigenvalue weighted by atomic mass is 10.1. The van der Waals surface area contributed by atoms with Crippen LogP contribution < -0.4 is 5.32 Å². The normalized spacial score (nSPS) is 11.1. The van der Waals surface area contributed by atoms with Gasteiger partial charge < -0.3 is 5.32 Å². The lowest BCUT2D eigenvalue weighted by Gasteiger charge is -2.10. The molecule has 0 radical (unpaired) electrons. The molecule has 4 rings (SSSR count). The Kier molecular flexibility index (Phi) is 5.40. The van der Waals surface area contributed by atoms with E-state index in [4.69, 9.17) is 46.4 Å². The van der Waals surface area contributed by atoms with E-state index in [-0.39, 0.29) is 25.9 Å². The van der Waals surface area contributed by atoms with Crippen LogP contribution in [0.25, 0.3) is 16.9 Å².